The standard InChI is InChI=1S/C8H15N3S/c1-3-12-6-8(9)7-4-10-11(2)5-7/h4-5,8H,3,6,9H2,1-2H3. The molecule has 0 aliphatic rings. The third-order valence-corrected chi connectivity index (χ3v) is 2.66. The van der Waals surface area contributed by atoms with E-state index in [9.17, 15) is 0 Å². The van der Waals surface area contributed by atoms with Gasteiger partial charge in [0.05, 0.1) is 6.20 Å². The van der Waals surface area contributed by atoms with E-state index >= 15 is 0 Å². The molecule has 0 radical (unpaired) electrons. The molecule has 1 aromatic rings. The van der Waals surface area contributed by atoms with Gasteiger partial charge in [0.15, 0.2) is 0 Å². The summed E-state index contributed by atoms with van der Waals surface area (Å²) in [6, 6.07) is 0.128. The lowest BCUT2D eigenvalue weighted by Crippen LogP contribution is -2.12. The summed E-state index contributed by atoms with van der Waals surface area (Å²) in [4.78, 5) is 0. The predicted octanol–water partition coefficient (Wildman–Crippen LogP) is 1.17. The van der Waals surface area contributed by atoms with E-state index in [4.69, 9.17) is 5.73 Å². The minimum Gasteiger partial charge on any atom is -0.323 e. The number of nitrogens with two attached hydrogens (primary N) is 1. The zero-order valence-corrected chi connectivity index (χ0v) is 8.34. The molecule has 0 spiro atoms. The molecule has 1 rings (SSSR count). The van der Waals surface area contributed by atoms with Crippen LogP contribution in [0.5, 0.6) is 0 Å². The Bertz CT molecular complexity index is 234. The van der Waals surface area contributed by atoms with Crippen molar-refractivity contribution in [2.45, 2.75) is 13.0 Å². The maximum absolute atomic E-state index is 5.92. The van der Waals surface area contributed by atoms with Crippen LogP contribution in [-0.2, 0) is 7.05 Å². The average molecular weight is 185 g/mol. The fourth-order valence-corrected chi connectivity index (χ4v) is 1.65. The van der Waals surface area contributed by atoms with Crippen LogP contribution in [0.15, 0.2) is 12.4 Å². The van der Waals surface area contributed by atoms with Crippen molar-refractivity contribution in [1.29, 1.82) is 0 Å². The van der Waals surface area contributed by atoms with Gasteiger partial charge in [-0.1, -0.05) is 6.92 Å². The van der Waals surface area contributed by atoms with Crippen molar-refractivity contribution >= 4 is 11.8 Å². The summed E-state index contributed by atoms with van der Waals surface area (Å²) in [5.74, 6) is 2.09. The number of nitrogens with zero attached hydrogens (tertiary/aromatic N) is 2. The molecule has 0 aromatic carbocycles. The number of hydrogen-bond donors (Lipinski definition) is 1. The summed E-state index contributed by atoms with van der Waals surface area (Å²) >= 11 is 1.86. The van der Waals surface area contributed by atoms with E-state index in [-0.39, 0.29) is 6.04 Å². The lowest BCUT2D eigenvalue weighted by molar-refractivity contribution is 0.763. The zero-order valence-electron chi connectivity index (χ0n) is 7.53. The quantitative estimate of drug-likeness (QED) is 0.766. The monoisotopic (exact) mass is 185 g/mol. The highest BCUT2D eigenvalue weighted by atomic mass is 32.2. The van der Waals surface area contributed by atoms with Gasteiger partial charge in [-0.2, -0.15) is 16.9 Å². The van der Waals surface area contributed by atoms with Crippen LogP contribution in [0.1, 0.15) is 18.5 Å². The first kappa shape index (κ1) is 9.61. The van der Waals surface area contributed by atoms with Crippen LogP contribution in [0.25, 0.3) is 0 Å². The van der Waals surface area contributed by atoms with E-state index in [0.717, 1.165) is 17.1 Å². The molecule has 1 heterocycles. The molecule has 0 aliphatic heterocycles. The summed E-state index contributed by atoms with van der Waals surface area (Å²) < 4.78 is 1.78. The maximum atomic E-state index is 5.92. The number of hydrogen-bond acceptors (Lipinski definition) is 3. The van der Waals surface area contributed by atoms with Crippen LogP contribution in [0.4, 0.5) is 0 Å². The second kappa shape index (κ2) is 4.52. The second-order valence-electron chi connectivity index (χ2n) is 2.71. The largest absolute Gasteiger partial charge is 0.323 e. The first-order valence-corrected chi connectivity index (χ1v) is 5.21. The van der Waals surface area contributed by atoms with Crippen LogP contribution < -0.4 is 5.73 Å². The fraction of sp³-hybridized carbons (Fsp3) is 0.625. The Morgan fingerprint density at radius 2 is 2.50 bits per heavy atom. The molecule has 0 amide bonds. The SMILES string of the molecule is CCSCC(N)c1cnn(C)c1. The molecule has 0 bridgehead atoms. The highest BCUT2D eigenvalue weighted by Gasteiger charge is 2.06. The van der Waals surface area contributed by atoms with E-state index in [0.29, 0.717) is 0 Å². The molecule has 3 nitrogen and oxygen atoms in total. The van der Waals surface area contributed by atoms with Crippen molar-refractivity contribution in [3.05, 3.63) is 18.0 Å². The van der Waals surface area contributed by atoms with Crippen molar-refractivity contribution in [3.8, 4) is 0 Å². The number of rotatable bonds is 4. The Kier molecular flexibility index (Phi) is 3.62. The molecule has 0 aliphatic carbocycles. The predicted molar refractivity (Wildman–Crippen MR) is 53.1 cm³/mol. The van der Waals surface area contributed by atoms with Gasteiger partial charge in [0.2, 0.25) is 0 Å². The van der Waals surface area contributed by atoms with Gasteiger partial charge in [-0.05, 0) is 5.75 Å². The van der Waals surface area contributed by atoms with Gasteiger partial charge in [0.1, 0.15) is 0 Å². The summed E-state index contributed by atoms with van der Waals surface area (Å²) in [6.45, 7) is 2.14. The normalized spacial score (nSPS) is 13.2. The van der Waals surface area contributed by atoms with E-state index in [1.807, 2.05) is 31.2 Å². The van der Waals surface area contributed by atoms with E-state index in [1.54, 1.807) is 4.68 Å². The van der Waals surface area contributed by atoms with Gasteiger partial charge in [0.25, 0.3) is 0 Å². The van der Waals surface area contributed by atoms with Crippen molar-refractivity contribution in [2.75, 3.05) is 11.5 Å². The van der Waals surface area contributed by atoms with Gasteiger partial charge < -0.3 is 5.73 Å². The Morgan fingerprint density at radius 3 is 3.00 bits per heavy atom. The molecule has 0 saturated carbocycles. The summed E-state index contributed by atoms with van der Waals surface area (Å²) in [5.41, 5.74) is 7.04. The van der Waals surface area contributed by atoms with E-state index < -0.39 is 0 Å². The van der Waals surface area contributed by atoms with Gasteiger partial charge >= 0.3 is 0 Å². The number of thioether (sulfide) groups is 1. The van der Waals surface area contributed by atoms with E-state index in [2.05, 4.69) is 12.0 Å². The molecule has 2 N–H and O–H groups in total. The first-order chi connectivity index (χ1) is 5.74. The first-order valence-electron chi connectivity index (χ1n) is 4.06. The second-order valence-corrected chi connectivity index (χ2v) is 4.03. The minimum atomic E-state index is 0.128. The number of aromatic nitrogens is 2. The highest BCUT2D eigenvalue weighted by molar-refractivity contribution is 7.99. The summed E-state index contributed by atoms with van der Waals surface area (Å²) in [5, 5.41) is 4.07. The number of aryl methyl sites for hydroxylation is 1. The van der Waals surface area contributed by atoms with Gasteiger partial charge in [-0.15, -0.1) is 0 Å². The van der Waals surface area contributed by atoms with Crippen molar-refractivity contribution < 1.29 is 0 Å². The van der Waals surface area contributed by atoms with Crippen LogP contribution in [0.2, 0.25) is 0 Å². The van der Waals surface area contributed by atoms with Crippen molar-refractivity contribution in [1.82, 2.24) is 9.78 Å². The zero-order chi connectivity index (χ0) is 8.97. The molecular weight excluding hydrogens is 170 g/mol. The molecule has 1 unspecified atom stereocenters. The lowest BCUT2D eigenvalue weighted by Gasteiger charge is -2.06. The average Bonchev–Trinajstić information content (AvgIpc) is 2.47. The molecule has 1 atom stereocenters. The van der Waals surface area contributed by atoms with Crippen LogP contribution in [0.3, 0.4) is 0 Å². The minimum absolute atomic E-state index is 0.128. The molecule has 68 valence electrons. The Hall–Kier alpha value is -0.480. The Balaban J connectivity index is 2.47. The molecule has 12 heavy (non-hydrogen) atoms. The van der Waals surface area contributed by atoms with Crippen molar-refractivity contribution in [2.24, 2.45) is 12.8 Å². The van der Waals surface area contributed by atoms with Gasteiger partial charge in [0, 0.05) is 30.6 Å². The highest BCUT2D eigenvalue weighted by Crippen LogP contribution is 2.14. The van der Waals surface area contributed by atoms with Gasteiger partial charge in [-0.3, -0.25) is 4.68 Å². The third-order valence-electron chi connectivity index (χ3n) is 1.65. The van der Waals surface area contributed by atoms with Crippen LogP contribution in [0, 0.1) is 0 Å². The van der Waals surface area contributed by atoms with Crippen LogP contribution in [-0.4, -0.2) is 21.3 Å². The summed E-state index contributed by atoms with van der Waals surface area (Å²) in [7, 11) is 1.91. The topological polar surface area (TPSA) is 43.8 Å². The molecule has 1 aromatic heterocycles. The maximum Gasteiger partial charge on any atom is 0.0537 e. The summed E-state index contributed by atoms with van der Waals surface area (Å²) in [6.07, 6.45) is 3.81. The molecule has 0 saturated heterocycles. The Morgan fingerprint density at radius 1 is 1.75 bits per heavy atom. The van der Waals surface area contributed by atoms with Gasteiger partial charge in [-0.25, -0.2) is 0 Å². The molecular formula is C8H15N3S. The fourth-order valence-electron chi connectivity index (χ4n) is 0.973. The van der Waals surface area contributed by atoms with Crippen molar-refractivity contribution in [3.63, 3.8) is 0 Å². The van der Waals surface area contributed by atoms with E-state index in [1.165, 1.54) is 0 Å². The smallest absolute Gasteiger partial charge is 0.0537 e. The Labute approximate surface area is 77.3 Å². The lowest BCUT2D eigenvalue weighted by atomic mass is 10.2. The third kappa shape index (κ3) is 2.53. The molecule has 4 heteroatoms. The molecule has 0 fully saturated rings. The van der Waals surface area contributed by atoms with Crippen LogP contribution >= 0.6 is 11.8 Å².